The molecule has 1 fully saturated rings. The Kier molecular flexibility index (Phi) is 7.25. The van der Waals surface area contributed by atoms with E-state index in [9.17, 15) is 14.9 Å². The van der Waals surface area contributed by atoms with Gasteiger partial charge >= 0.3 is 5.69 Å². The first-order valence-electron chi connectivity index (χ1n) is 10.9. The summed E-state index contributed by atoms with van der Waals surface area (Å²) in [5.74, 6) is -1.04. The summed E-state index contributed by atoms with van der Waals surface area (Å²) in [6, 6.07) is 18.6. The third kappa shape index (κ3) is 5.45. The highest BCUT2D eigenvalue weighted by Gasteiger charge is 2.27. The molecule has 11 nitrogen and oxygen atoms in total. The highest BCUT2D eigenvalue weighted by Crippen LogP contribution is 2.29. The number of nitrogens with zero attached hydrogens (tertiary/aromatic N) is 5. The molecule has 0 spiro atoms. The predicted octanol–water partition coefficient (Wildman–Crippen LogP) is 2.23. The molecule has 0 radical (unpaired) electrons. The van der Waals surface area contributed by atoms with Crippen molar-refractivity contribution in [3.8, 4) is 0 Å². The van der Waals surface area contributed by atoms with Crippen LogP contribution in [0, 0.1) is 10.1 Å². The second-order valence-electron chi connectivity index (χ2n) is 7.95. The van der Waals surface area contributed by atoms with Crippen LogP contribution >= 0.6 is 0 Å². The van der Waals surface area contributed by atoms with E-state index in [1.165, 1.54) is 6.33 Å². The molecule has 1 aliphatic heterocycles. The Morgan fingerprint density at radius 1 is 0.941 bits per heavy atom. The van der Waals surface area contributed by atoms with E-state index in [0.717, 1.165) is 24.2 Å². The number of likely N-dealkylation sites (N-methyl/N-ethyl adjacent to an activating group) is 1. The monoisotopic (exact) mass is 462 g/mol. The average Bonchev–Trinajstić information content (AvgIpc) is 2.85. The molecular formula is C23H26N8O3. The van der Waals surface area contributed by atoms with Crippen molar-refractivity contribution in [1.82, 2.24) is 25.3 Å². The first kappa shape index (κ1) is 23.1. The molecule has 176 valence electrons. The minimum Gasteiger partial charge on any atom is -0.304 e. The van der Waals surface area contributed by atoms with Crippen molar-refractivity contribution in [2.75, 3.05) is 44.1 Å². The second-order valence-corrected chi connectivity index (χ2v) is 7.95. The zero-order valence-corrected chi connectivity index (χ0v) is 18.7. The van der Waals surface area contributed by atoms with Crippen molar-refractivity contribution < 1.29 is 9.72 Å². The van der Waals surface area contributed by atoms with Gasteiger partial charge in [0.05, 0.1) is 10.8 Å². The van der Waals surface area contributed by atoms with Gasteiger partial charge in [-0.15, -0.1) is 0 Å². The van der Waals surface area contributed by atoms with E-state index < -0.39 is 10.8 Å². The van der Waals surface area contributed by atoms with Crippen LogP contribution in [0.25, 0.3) is 0 Å². The predicted molar refractivity (Wildman–Crippen MR) is 128 cm³/mol. The molecule has 3 aromatic rings. The molecule has 4 rings (SSSR count). The third-order valence-electron chi connectivity index (χ3n) is 5.60. The summed E-state index contributed by atoms with van der Waals surface area (Å²) < 4.78 is 0. The van der Waals surface area contributed by atoms with Gasteiger partial charge in [0.1, 0.15) is 6.33 Å². The maximum Gasteiger partial charge on any atom is 0.356 e. The van der Waals surface area contributed by atoms with Crippen LogP contribution in [0.1, 0.15) is 17.0 Å². The zero-order chi connectivity index (χ0) is 23.9. The largest absolute Gasteiger partial charge is 0.356 e. The third-order valence-corrected chi connectivity index (χ3v) is 5.60. The first-order chi connectivity index (χ1) is 16.5. The molecule has 2 heterocycles. The minimum absolute atomic E-state index is 0.0592. The maximum absolute atomic E-state index is 13.2. The van der Waals surface area contributed by atoms with Crippen LogP contribution in [0.4, 0.5) is 17.3 Å². The van der Waals surface area contributed by atoms with Gasteiger partial charge in [0.2, 0.25) is 17.5 Å². The molecule has 11 heteroatoms. The number of anilines is 2. The summed E-state index contributed by atoms with van der Waals surface area (Å²) in [5, 5.41) is 13.7. The Hall–Kier alpha value is -4.09. The Morgan fingerprint density at radius 2 is 1.50 bits per heavy atom. The lowest BCUT2D eigenvalue weighted by atomic mass is 9.91. The number of amides is 1. The summed E-state index contributed by atoms with van der Waals surface area (Å²) in [7, 11) is 2.02. The van der Waals surface area contributed by atoms with Crippen molar-refractivity contribution in [1.29, 1.82) is 0 Å². The van der Waals surface area contributed by atoms with Crippen LogP contribution in [0.2, 0.25) is 0 Å². The van der Waals surface area contributed by atoms with Gasteiger partial charge in [0.25, 0.3) is 0 Å². The molecule has 1 amide bonds. The van der Waals surface area contributed by atoms with Gasteiger partial charge < -0.3 is 4.90 Å². The Morgan fingerprint density at radius 3 is 2.06 bits per heavy atom. The number of aromatic nitrogens is 2. The van der Waals surface area contributed by atoms with Crippen LogP contribution in [0.15, 0.2) is 67.0 Å². The van der Waals surface area contributed by atoms with E-state index in [1.54, 1.807) is 0 Å². The lowest BCUT2D eigenvalue weighted by Crippen LogP contribution is -2.47. The molecule has 2 aromatic carbocycles. The van der Waals surface area contributed by atoms with Crippen molar-refractivity contribution in [2.24, 2.45) is 0 Å². The van der Waals surface area contributed by atoms with Crippen LogP contribution in [-0.4, -0.2) is 63.9 Å². The minimum atomic E-state index is -0.612. The summed E-state index contributed by atoms with van der Waals surface area (Å²) >= 11 is 0. The quantitative estimate of drug-likeness (QED) is 0.341. The highest BCUT2D eigenvalue weighted by atomic mass is 16.6. The summed E-state index contributed by atoms with van der Waals surface area (Å²) in [4.78, 5) is 34.7. The van der Waals surface area contributed by atoms with Crippen LogP contribution < -0.4 is 16.3 Å². The molecule has 0 bridgehead atoms. The first-order valence-corrected chi connectivity index (χ1v) is 10.9. The second kappa shape index (κ2) is 10.7. The van der Waals surface area contributed by atoms with E-state index in [0.29, 0.717) is 13.1 Å². The van der Waals surface area contributed by atoms with E-state index in [2.05, 4.69) is 31.1 Å². The van der Waals surface area contributed by atoms with Crippen LogP contribution in [0.3, 0.4) is 0 Å². The smallest absolute Gasteiger partial charge is 0.304 e. The molecular weight excluding hydrogens is 436 g/mol. The van der Waals surface area contributed by atoms with Crippen molar-refractivity contribution in [2.45, 2.75) is 5.92 Å². The van der Waals surface area contributed by atoms with E-state index in [1.807, 2.05) is 72.7 Å². The van der Waals surface area contributed by atoms with Gasteiger partial charge in [0.15, 0.2) is 0 Å². The van der Waals surface area contributed by atoms with Gasteiger partial charge in [-0.05, 0) is 18.2 Å². The molecule has 0 aliphatic carbocycles. The highest BCUT2D eigenvalue weighted by molar-refractivity contribution is 5.88. The van der Waals surface area contributed by atoms with Crippen LogP contribution in [0.5, 0.6) is 0 Å². The van der Waals surface area contributed by atoms with Gasteiger partial charge in [-0.2, -0.15) is 0 Å². The fourth-order valence-corrected chi connectivity index (χ4v) is 3.77. The van der Waals surface area contributed by atoms with Crippen molar-refractivity contribution >= 4 is 23.2 Å². The molecule has 34 heavy (non-hydrogen) atoms. The van der Waals surface area contributed by atoms with E-state index in [4.69, 9.17) is 0 Å². The normalized spacial score (nSPS) is 14.5. The lowest BCUT2D eigenvalue weighted by molar-refractivity contribution is -0.383. The van der Waals surface area contributed by atoms with Gasteiger partial charge in [0, 0.05) is 26.2 Å². The SMILES string of the molecule is CN1CCN(Nc2ncnc(NNC(=O)C(c3ccccc3)c3ccccc3)c2[N+](=O)[O-])CC1. The summed E-state index contributed by atoms with van der Waals surface area (Å²) in [6.07, 6.45) is 1.21. The molecule has 0 unspecified atom stereocenters. The number of benzene rings is 2. The standard InChI is InChI=1S/C23H26N8O3/c1-29-12-14-30(15-13-29)28-22-20(31(33)34)21(24-16-25-22)26-27-23(32)19(17-8-4-2-5-9-17)18-10-6-3-7-11-18/h2-11,16,19H,12-15H2,1H3,(H,27,32)(H2,24,25,26,28). The molecule has 0 atom stereocenters. The summed E-state index contributed by atoms with van der Waals surface area (Å²) in [5.41, 5.74) is 9.49. The van der Waals surface area contributed by atoms with Crippen molar-refractivity contribution in [3.05, 3.63) is 88.2 Å². The molecule has 1 saturated heterocycles. The van der Waals surface area contributed by atoms with Gasteiger partial charge in [-0.3, -0.25) is 31.2 Å². The van der Waals surface area contributed by atoms with Crippen molar-refractivity contribution in [3.63, 3.8) is 0 Å². The van der Waals surface area contributed by atoms with E-state index in [-0.39, 0.29) is 23.2 Å². The number of hydrazine groups is 2. The number of carbonyl (C=O) groups is 1. The number of piperazine rings is 1. The Labute approximate surface area is 196 Å². The number of rotatable bonds is 8. The fraction of sp³-hybridized carbons (Fsp3) is 0.261. The molecule has 0 saturated carbocycles. The van der Waals surface area contributed by atoms with Gasteiger partial charge in [-0.1, -0.05) is 60.7 Å². The molecule has 1 aliphatic rings. The number of nitro groups is 1. The molecule has 3 N–H and O–H groups in total. The number of hydrogen-bond donors (Lipinski definition) is 3. The topological polar surface area (TPSA) is 129 Å². The number of hydrogen-bond acceptors (Lipinski definition) is 9. The zero-order valence-electron chi connectivity index (χ0n) is 18.7. The number of nitrogens with one attached hydrogen (secondary N) is 3. The van der Waals surface area contributed by atoms with Gasteiger partial charge in [-0.25, -0.2) is 15.0 Å². The van der Waals surface area contributed by atoms with E-state index >= 15 is 0 Å². The average molecular weight is 463 g/mol. The fourth-order valence-electron chi connectivity index (χ4n) is 3.77. The molecule has 1 aromatic heterocycles. The lowest BCUT2D eigenvalue weighted by Gasteiger charge is -2.32. The maximum atomic E-state index is 13.2. The number of carbonyl (C=O) groups excluding carboxylic acids is 1. The Balaban J connectivity index is 1.54. The summed E-state index contributed by atoms with van der Waals surface area (Å²) in [6.45, 7) is 3.03. The Bertz CT molecular complexity index is 1080. The van der Waals surface area contributed by atoms with Crippen LogP contribution in [-0.2, 0) is 4.79 Å².